The molecule has 98 valence electrons. The summed E-state index contributed by atoms with van der Waals surface area (Å²) in [7, 11) is 1.50. The Balaban J connectivity index is -0.0000000650. The second-order valence-electron chi connectivity index (χ2n) is 2.97. The molecule has 2 heteroatoms. The van der Waals surface area contributed by atoms with Gasteiger partial charge in [0, 0.05) is 6.61 Å². The number of nitrogens with two attached hydrogens (primary N) is 1. The molecular weight excluding hydrogens is 186 g/mol. The lowest BCUT2D eigenvalue weighted by Gasteiger charge is -2.11. The average molecular weight is 221 g/mol. The van der Waals surface area contributed by atoms with Crippen molar-refractivity contribution in [2.75, 3.05) is 20.3 Å². The molecule has 2 nitrogen and oxygen atoms in total. The van der Waals surface area contributed by atoms with Crippen molar-refractivity contribution in [3.8, 4) is 0 Å². The van der Waals surface area contributed by atoms with Crippen LogP contribution in [0.25, 0.3) is 0 Å². The van der Waals surface area contributed by atoms with Crippen LogP contribution in [0.2, 0.25) is 0 Å². The molecule has 1 aliphatic rings. The summed E-state index contributed by atoms with van der Waals surface area (Å²) in [6.07, 6.45) is 1.23. The zero-order chi connectivity index (χ0) is 13.3. The van der Waals surface area contributed by atoms with Gasteiger partial charge in [0.05, 0.1) is 6.61 Å². The van der Waals surface area contributed by atoms with Gasteiger partial charge in [0.15, 0.2) is 0 Å². The Morgan fingerprint density at radius 2 is 1.20 bits per heavy atom. The zero-order valence-electron chi connectivity index (χ0n) is 12.6. The normalized spacial score (nSPS) is 14.8. The van der Waals surface area contributed by atoms with Crippen molar-refractivity contribution in [3.63, 3.8) is 0 Å². The topological polar surface area (TPSA) is 35.2 Å². The van der Waals surface area contributed by atoms with Crippen molar-refractivity contribution in [3.05, 3.63) is 0 Å². The Bertz CT molecular complexity index is 64.9. The number of ether oxygens (including phenoxy) is 1. The first-order chi connectivity index (χ1) is 7.21. The van der Waals surface area contributed by atoms with Crippen LogP contribution in [-0.4, -0.2) is 20.3 Å². The quantitative estimate of drug-likeness (QED) is 0.669. The minimum absolute atomic E-state index is 0.472. The molecule has 1 aliphatic heterocycles. The summed E-state index contributed by atoms with van der Waals surface area (Å²) in [6.45, 7) is 18.4. The molecule has 1 fully saturated rings. The van der Waals surface area contributed by atoms with Crippen molar-refractivity contribution < 1.29 is 4.74 Å². The predicted molar refractivity (Wildman–Crippen MR) is 73.4 cm³/mol. The van der Waals surface area contributed by atoms with E-state index in [2.05, 4.69) is 19.6 Å². The van der Waals surface area contributed by atoms with E-state index in [0.717, 1.165) is 13.2 Å². The first kappa shape index (κ1) is 24.2. The fourth-order valence-electron chi connectivity index (χ4n) is 0.769. The van der Waals surface area contributed by atoms with Crippen molar-refractivity contribution in [1.82, 2.24) is 0 Å². The van der Waals surface area contributed by atoms with Crippen LogP contribution < -0.4 is 5.73 Å². The lowest BCUT2D eigenvalue weighted by atomic mass is 9.94. The Morgan fingerprint density at radius 3 is 1.27 bits per heavy atom. The molecule has 0 aromatic rings. The van der Waals surface area contributed by atoms with Gasteiger partial charge in [0.1, 0.15) is 0 Å². The van der Waals surface area contributed by atoms with E-state index in [9.17, 15) is 0 Å². The highest BCUT2D eigenvalue weighted by Gasteiger charge is 2.22. The van der Waals surface area contributed by atoms with Gasteiger partial charge in [-0.25, -0.2) is 0 Å². The molecule has 0 saturated carbocycles. The molecule has 1 heterocycles. The standard InChI is InChI=1S/C6H12O.3C2H6.CH5N/c1-6(2)3-4-7-5-6;4*1-2/h3-5H2,1-2H3;3*1-2H3;2H2,1H3. The molecule has 0 unspecified atom stereocenters. The van der Waals surface area contributed by atoms with Gasteiger partial charge in [-0.1, -0.05) is 55.4 Å². The molecule has 0 radical (unpaired) electrons. The molecule has 15 heavy (non-hydrogen) atoms. The van der Waals surface area contributed by atoms with Crippen molar-refractivity contribution in [2.45, 2.75) is 61.8 Å². The summed E-state index contributed by atoms with van der Waals surface area (Å²) >= 11 is 0. The maximum absolute atomic E-state index is 5.16. The minimum Gasteiger partial charge on any atom is -0.381 e. The summed E-state index contributed by atoms with van der Waals surface area (Å²) in [5, 5.41) is 0. The number of hydrogen-bond donors (Lipinski definition) is 1. The highest BCUT2D eigenvalue weighted by molar-refractivity contribution is 4.71. The van der Waals surface area contributed by atoms with E-state index in [-0.39, 0.29) is 0 Å². The zero-order valence-corrected chi connectivity index (χ0v) is 12.6. The lowest BCUT2D eigenvalue weighted by Crippen LogP contribution is -2.08. The number of hydrogen-bond acceptors (Lipinski definition) is 2. The van der Waals surface area contributed by atoms with Crippen LogP contribution in [0, 0.1) is 5.41 Å². The first-order valence-corrected chi connectivity index (χ1v) is 6.36. The summed E-state index contributed by atoms with van der Waals surface area (Å²) in [5.41, 5.74) is 4.97. The Hall–Kier alpha value is -0.0800. The van der Waals surface area contributed by atoms with Crippen LogP contribution in [0.5, 0.6) is 0 Å². The van der Waals surface area contributed by atoms with Gasteiger partial charge in [0.2, 0.25) is 0 Å². The Kier molecular flexibility index (Phi) is 38.2. The summed E-state index contributed by atoms with van der Waals surface area (Å²) in [5.74, 6) is 0. The average Bonchev–Trinajstić information content (AvgIpc) is 2.74. The molecule has 0 spiro atoms. The van der Waals surface area contributed by atoms with Gasteiger partial charge < -0.3 is 10.5 Å². The SMILES string of the molecule is CC.CC.CC.CC1(C)CCOC1.CN. The van der Waals surface area contributed by atoms with Crippen LogP contribution in [0.4, 0.5) is 0 Å². The van der Waals surface area contributed by atoms with Crippen LogP contribution in [0.3, 0.4) is 0 Å². The van der Waals surface area contributed by atoms with Gasteiger partial charge >= 0.3 is 0 Å². The van der Waals surface area contributed by atoms with E-state index in [4.69, 9.17) is 4.74 Å². The van der Waals surface area contributed by atoms with Crippen LogP contribution >= 0.6 is 0 Å². The van der Waals surface area contributed by atoms with Gasteiger partial charge in [-0.05, 0) is 18.9 Å². The summed E-state index contributed by atoms with van der Waals surface area (Å²) < 4.78 is 5.16. The molecule has 0 bridgehead atoms. The van der Waals surface area contributed by atoms with Crippen molar-refractivity contribution in [1.29, 1.82) is 0 Å². The Morgan fingerprint density at radius 1 is 0.867 bits per heavy atom. The summed E-state index contributed by atoms with van der Waals surface area (Å²) in [4.78, 5) is 0. The molecule has 0 amide bonds. The highest BCUT2D eigenvalue weighted by atomic mass is 16.5. The van der Waals surface area contributed by atoms with Gasteiger partial charge in [0.25, 0.3) is 0 Å². The van der Waals surface area contributed by atoms with Crippen LogP contribution in [0.15, 0.2) is 0 Å². The molecule has 2 N–H and O–H groups in total. The fraction of sp³-hybridized carbons (Fsp3) is 1.00. The van der Waals surface area contributed by atoms with E-state index in [0.29, 0.717) is 5.41 Å². The van der Waals surface area contributed by atoms with Crippen molar-refractivity contribution in [2.24, 2.45) is 11.1 Å². The lowest BCUT2D eigenvalue weighted by molar-refractivity contribution is 0.167. The van der Waals surface area contributed by atoms with Gasteiger partial charge in [-0.15, -0.1) is 0 Å². The summed E-state index contributed by atoms with van der Waals surface area (Å²) in [6, 6.07) is 0. The fourth-order valence-corrected chi connectivity index (χ4v) is 0.769. The van der Waals surface area contributed by atoms with E-state index < -0.39 is 0 Å². The van der Waals surface area contributed by atoms with Crippen LogP contribution in [-0.2, 0) is 4.74 Å². The predicted octanol–water partition coefficient (Wildman–Crippen LogP) is 4.09. The molecule has 0 atom stereocenters. The largest absolute Gasteiger partial charge is 0.381 e. The van der Waals surface area contributed by atoms with Gasteiger partial charge in [-0.2, -0.15) is 0 Å². The first-order valence-electron chi connectivity index (χ1n) is 6.36. The maximum Gasteiger partial charge on any atom is 0.0517 e. The minimum atomic E-state index is 0.472. The monoisotopic (exact) mass is 221 g/mol. The molecule has 1 rings (SSSR count). The Labute approximate surface area is 98.6 Å². The van der Waals surface area contributed by atoms with Gasteiger partial charge in [-0.3, -0.25) is 0 Å². The van der Waals surface area contributed by atoms with E-state index in [1.54, 1.807) is 0 Å². The third-order valence-corrected chi connectivity index (χ3v) is 1.42. The third-order valence-electron chi connectivity index (χ3n) is 1.42. The smallest absolute Gasteiger partial charge is 0.0517 e. The van der Waals surface area contributed by atoms with E-state index in [1.807, 2.05) is 41.5 Å². The second-order valence-corrected chi connectivity index (χ2v) is 2.97. The molecule has 0 aromatic heterocycles. The number of rotatable bonds is 0. The molecule has 0 aliphatic carbocycles. The van der Waals surface area contributed by atoms with Crippen molar-refractivity contribution >= 4 is 0 Å². The van der Waals surface area contributed by atoms with Crippen LogP contribution in [0.1, 0.15) is 61.8 Å². The second kappa shape index (κ2) is 23.6. The van der Waals surface area contributed by atoms with E-state index >= 15 is 0 Å². The molecule has 0 aromatic carbocycles. The van der Waals surface area contributed by atoms with E-state index in [1.165, 1.54) is 13.5 Å². The maximum atomic E-state index is 5.16. The highest BCUT2D eigenvalue weighted by Crippen LogP contribution is 2.25. The molecule has 1 saturated heterocycles. The third kappa shape index (κ3) is 24.9. The molecular formula is C13H35NO.